The number of fused-ring (bicyclic) bond motifs is 1. The summed E-state index contributed by atoms with van der Waals surface area (Å²) >= 11 is 0. The second-order valence-electron chi connectivity index (χ2n) is 8.22. The number of halogens is 4. The van der Waals surface area contributed by atoms with Gasteiger partial charge in [0.2, 0.25) is 0 Å². The third-order valence-electron chi connectivity index (χ3n) is 5.84. The Kier molecular flexibility index (Phi) is 5.58. The van der Waals surface area contributed by atoms with Gasteiger partial charge in [-0.1, -0.05) is 48.5 Å². The molecule has 0 saturated carbocycles. The molecule has 10 heteroatoms. The van der Waals surface area contributed by atoms with Crippen molar-refractivity contribution in [2.45, 2.75) is 25.6 Å². The summed E-state index contributed by atoms with van der Waals surface area (Å²) in [4.78, 5) is 8.84. The number of aromatic nitrogens is 6. The van der Waals surface area contributed by atoms with Crippen LogP contribution in [0.4, 0.5) is 17.6 Å². The first-order chi connectivity index (χ1) is 16.7. The summed E-state index contributed by atoms with van der Waals surface area (Å²) in [7, 11) is 1.41. The lowest BCUT2D eigenvalue weighted by Gasteiger charge is -2.15. The summed E-state index contributed by atoms with van der Waals surface area (Å²) in [6.07, 6.45) is -3.05. The molecule has 0 radical (unpaired) electrons. The zero-order valence-corrected chi connectivity index (χ0v) is 18.8. The van der Waals surface area contributed by atoms with Crippen LogP contribution in [0.25, 0.3) is 22.4 Å². The van der Waals surface area contributed by atoms with E-state index >= 15 is 0 Å². The lowest BCUT2D eigenvalue weighted by molar-refractivity contribution is -0.140. The molecule has 2 aromatic carbocycles. The van der Waals surface area contributed by atoms with Gasteiger partial charge in [-0.15, -0.1) is 0 Å². The van der Waals surface area contributed by atoms with Gasteiger partial charge in [-0.2, -0.15) is 23.4 Å². The Morgan fingerprint density at radius 1 is 0.971 bits per heavy atom. The molecule has 0 aliphatic rings. The highest BCUT2D eigenvalue weighted by Crippen LogP contribution is 2.35. The molecule has 0 amide bonds. The van der Waals surface area contributed by atoms with Crippen molar-refractivity contribution in [3.05, 3.63) is 95.3 Å². The predicted octanol–water partition coefficient (Wildman–Crippen LogP) is 5.58. The van der Waals surface area contributed by atoms with E-state index in [4.69, 9.17) is 0 Å². The zero-order valence-electron chi connectivity index (χ0n) is 18.8. The van der Waals surface area contributed by atoms with Crippen LogP contribution in [0.3, 0.4) is 0 Å². The third kappa shape index (κ3) is 4.27. The Bertz CT molecular complexity index is 1500. The molecule has 0 bridgehead atoms. The van der Waals surface area contributed by atoms with Gasteiger partial charge in [0.15, 0.2) is 23.0 Å². The van der Waals surface area contributed by atoms with Crippen LogP contribution in [0.1, 0.15) is 35.6 Å². The smallest absolute Gasteiger partial charge is 0.250 e. The lowest BCUT2D eigenvalue weighted by atomic mass is 10.1. The average molecular weight is 480 g/mol. The highest BCUT2D eigenvalue weighted by molar-refractivity contribution is 5.83. The minimum absolute atomic E-state index is 0.106. The Morgan fingerprint density at radius 3 is 2.40 bits per heavy atom. The van der Waals surface area contributed by atoms with Gasteiger partial charge < -0.3 is 0 Å². The maximum Gasteiger partial charge on any atom is 0.435 e. The highest BCUT2D eigenvalue weighted by atomic mass is 19.4. The van der Waals surface area contributed by atoms with Crippen LogP contribution in [0.5, 0.6) is 0 Å². The van der Waals surface area contributed by atoms with Crippen LogP contribution in [0.2, 0.25) is 0 Å². The number of rotatable bonds is 5. The van der Waals surface area contributed by atoms with Crippen molar-refractivity contribution < 1.29 is 17.6 Å². The summed E-state index contributed by atoms with van der Waals surface area (Å²) in [5.74, 6) is 0.295. The van der Waals surface area contributed by atoms with Crippen molar-refractivity contribution in [3.8, 4) is 11.4 Å². The molecule has 0 spiro atoms. The van der Waals surface area contributed by atoms with E-state index in [9.17, 15) is 17.6 Å². The molecule has 0 saturated heterocycles. The minimum Gasteiger partial charge on any atom is -0.250 e. The Morgan fingerprint density at radius 2 is 1.69 bits per heavy atom. The van der Waals surface area contributed by atoms with E-state index in [1.807, 2.05) is 37.3 Å². The van der Waals surface area contributed by atoms with Gasteiger partial charge in [-0.05, 0) is 30.2 Å². The number of pyridine rings is 1. The number of hydrogen-bond acceptors (Lipinski definition) is 4. The fourth-order valence-corrected chi connectivity index (χ4v) is 4.07. The summed E-state index contributed by atoms with van der Waals surface area (Å²) < 4.78 is 57.8. The largest absolute Gasteiger partial charge is 0.435 e. The van der Waals surface area contributed by atoms with E-state index in [1.54, 1.807) is 22.9 Å². The second kappa shape index (κ2) is 8.61. The van der Waals surface area contributed by atoms with Gasteiger partial charge in [0.25, 0.3) is 0 Å². The number of alkyl halides is 3. The molecule has 1 atom stereocenters. The summed E-state index contributed by atoms with van der Waals surface area (Å²) in [6, 6.07) is 16.9. The quantitative estimate of drug-likeness (QED) is 0.308. The normalized spacial score (nSPS) is 12.9. The van der Waals surface area contributed by atoms with Crippen LogP contribution in [0, 0.1) is 5.82 Å². The number of hydrogen-bond donors (Lipinski definition) is 0. The summed E-state index contributed by atoms with van der Waals surface area (Å²) in [6.45, 7) is 1.91. The summed E-state index contributed by atoms with van der Waals surface area (Å²) in [5, 5.41) is 8.11. The van der Waals surface area contributed by atoms with Crippen molar-refractivity contribution in [3.63, 3.8) is 0 Å². The molecule has 5 rings (SSSR count). The Labute approximate surface area is 197 Å². The van der Waals surface area contributed by atoms with E-state index in [-0.39, 0.29) is 29.3 Å². The van der Waals surface area contributed by atoms with E-state index in [0.717, 1.165) is 10.2 Å². The molecule has 3 aromatic heterocycles. The molecular formula is C25H20F4N6. The monoisotopic (exact) mass is 480 g/mol. The van der Waals surface area contributed by atoms with Gasteiger partial charge in [0.1, 0.15) is 5.82 Å². The van der Waals surface area contributed by atoms with E-state index in [2.05, 4.69) is 20.2 Å². The van der Waals surface area contributed by atoms with E-state index < -0.39 is 11.9 Å². The molecule has 0 aliphatic carbocycles. The van der Waals surface area contributed by atoms with E-state index in [1.165, 1.54) is 25.4 Å². The van der Waals surface area contributed by atoms with Gasteiger partial charge in [-0.25, -0.2) is 23.7 Å². The zero-order chi connectivity index (χ0) is 24.7. The third-order valence-corrected chi connectivity index (χ3v) is 5.84. The SMILES string of the molecule is CC(c1ccccc1)n1nc(Cc2ccccc2F)nc1-c1cnc2c(c1)c(C(F)(F)F)nn2C. The van der Waals surface area contributed by atoms with Crippen LogP contribution >= 0.6 is 0 Å². The molecule has 0 fully saturated rings. The van der Waals surface area contributed by atoms with Gasteiger partial charge in [0.05, 0.1) is 11.4 Å². The minimum atomic E-state index is -4.64. The summed E-state index contributed by atoms with van der Waals surface area (Å²) in [5.41, 5.74) is 0.797. The fraction of sp³-hybridized carbons (Fsp3) is 0.200. The van der Waals surface area contributed by atoms with Crippen LogP contribution in [-0.4, -0.2) is 29.5 Å². The first-order valence-corrected chi connectivity index (χ1v) is 10.9. The highest BCUT2D eigenvalue weighted by Gasteiger charge is 2.37. The Balaban J connectivity index is 1.66. The molecule has 3 heterocycles. The van der Waals surface area contributed by atoms with Crippen LogP contribution < -0.4 is 0 Å². The fourth-order valence-electron chi connectivity index (χ4n) is 4.07. The van der Waals surface area contributed by atoms with Gasteiger partial charge >= 0.3 is 6.18 Å². The average Bonchev–Trinajstić information content (AvgIpc) is 3.41. The molecule has 6 nitrogen and oxygen atoms in total. The molecule has 5 aromatic rings. The standard InChI is InChI=1S/C25H20F4N6/c1-15(16-8-4-3-5-9-16)35-23(31-21(32-35)13-17-10-6-7-11-20(17)26)18-12-19-22(25(27,28)29)33-34(2)24(19)30-14-18/h3-12,14-15H,13H2,1-2H3. The van der Waals surface area contributed by atoms with Gasteiger partial charge in [0, 0.05) is 25.2 Å². The topological polar surface area (TPSA) is 61.4 Å². The van der Waals surface area contributed by atoms with Crippen LogP contribution in [0.15, 0.2) is 66.9 Å². The second-order valence-corrected chi connectivity index (χ2v) is 8.22. The van der Waals surface area contributed by atoms with Crippen LogP contribution in [-0.2, 0) is 19.6 Å². The first kappa shape index (κ1) is 22.7. The molecule has 178 valence electrons. The van der Waals surface area contributed by atoms with E-state index in [0.29, 0.717) is 22.8 Å². The van der Waals surface area contributed by atoms with Gasteiger partial charge in [-0.3, -0.25) is 0 Å². The lowest BCUT2D eigenvalue weighted by Crippen LogP contribution is -2.11. The van der Waals surface area contributed by atoms with Crippen molar-refractivity contribution in [1.29, 1.82) is 0 Å². The predicted molar refractivity (Wildman–Crippen MR) is 122 cm³/mol. The maximum atomic E-state index is 14.3. The molecule has 1 unspecified atom stereocenters. The maximum absolute atomic E-state index is 14.3. The number of nitrogens with zero attached hydrogens (tertiary/aromatic N) is 6. The van der Waals surface area contributed by atoms with Crippen molar-refractivity contribution in [2.24, 2.45) is 7.05 Å². The Hall–Kier alpha value is -4.08. The molecule has 35 heavy (non-hydrogen) atoms. The first-order valence-electron chi connectivity index (χ1n) is 10.9. The van der Waals surface area contributed by atoms with Crippen molar-refractivity contribution in [2.75, 3.05) is 0 Å². The van der Waals surface area contributed by atoms with Crippen molar-refractivity contribution >= 4 is 11.0 Å². The van der Waals surface area contributed by atoms with Crippen molar-refractivity contribution in [1.82, 2.24) is 29.5 Å². The number of aryl methyl sites for hydroxylation is 1. The molecule has 0 N–H and O–H groups in total. The molecule has 0 aliphatic heterocycles. The molecular weight excluding hydrogens is 460 g/mol. The number of benzene rings is 2.